The third kappa shape index (κ3) is 39.2. The Labute approximate surface area is 110 Å². The van der Waals surface area contributed by atoms with Crippen LogP contribution in [0.5, 0.6) is 0 Å². The van der Waals surface area contributed by atoms with Gasteiger partial charge in [-0.05, 0) is 31.6 Å². The number of hydrogen-bond donors (Lipinski definition) is 1. The molecule has 0 aliphatic rings. The highest BCUT2D eigenvalue weighted by atomic mass is 16.1. The summed E-state index contributed by atoms with van der Waals surface area (Å²) >= 11 is 0. The number of hydrogen-bond acceptors (Lipinski definition) is 2. The Bertz CT molecular complexity index is 164. The van der Waals surface area contributed by atoms with E-state index >= 15 is 0 Å². The highest BCUT2D eigenvalue weighted by molar-refractivity contribution is 5.44. The second kappa shape index (κ2) is 15.4. The molecule has 2 N–H and O–H groups in total. The lowest BCUT2D eigenvalue weighted by atomic mass is 9.93. The molecule has 0 aromatic rings. The fourth-order valence-corrected chi connectivity index (χ4v) is 1.01. The molecule has 0 heterocycles. The first-order valence-electron chi connectivity index (χ1n) is 6.55. The first-order chi connectivity index (χ1) is 7.78. The van der Waals surface area contributed by atoms with Gasteiger partial charge in [0.25, 0.3) is 0 Å². The van der Waals surface area contributed by atoms with Crippen molar-refractivity contribution in [3.8, 4) is 0 Å². The van der Waals surface area contributed by atoms with Gasteiger partial charge in [0.05, 0.1) is 0 Å². The fourth-order valence-electron chi connectivity index (χ4n) is 1.01. The summed E-state index contributed by atoms with van der Waals surface area (Å²) in [4.78, 5) is 8.81. The molecule has 0 spiro atoms. The molecule has 0 unspecified atom stereocenters. The van der Waals surface area contributed by atoms with Gasteiger partial charge in [-0.2, -0.15) is 0 Å². The molecule has 0 saturated heterocycles. The lowest BCUT2D eigenvalue weighted by Crippen LogP contribution is -2.17. The molecule has 0 radical (unpaired) electrons. The van der Waals surface area contributed by atoms with Gasteiger partial charge in [0.2, 0.25) is 0 Å². The average Bonchev–Trinajstić information content (AvgIpc) is 2.18. The minimum atomic E-state index is 0. The smallest absolute Gasteiger partial charge is 0.116 e. The first-order valence-corrected chi connectivity index (χ1v) is 6.55. The van der Waals surface area contributed by atoms with E-state index in [4.69, 9.17) is 10.5 Å². The SMILES string of the molecule is C=CCC(C)(C)C.CC=O.CCC[C@@H](N)CC.[HH]. The molecule has 2 nitrogen and oxygen atoms in total. The van der Waals surface area contributed by atoms with Crippen LogP contribution in [-0.4, -0.2) is 12.3 Å². The van der Waals surface area contributed by atoms with E-state index in [0.717, 1.165) is 19.1 Å². The zero-order valence-corrected chi connectivity index (χ0v) is 12.8. The van der Waals surface area contributed by atoms with E-state index in [1.54, 1.807) is 0 Å². The van der Waals surface area contributed by atoms with Crippen molar-refractivity contribution in [2.75, 3.05) is 0 Å². The standard InChI is InChI=1S/C7H14.C6H15N.C2H4O.H2/c1-5-6-7(2,3)4;1-3-5-6(7)4-2;1-2-3;/h5H,1,6H2,2-4H3;6H,3-5,7H2,1-2H3;2H,1H3;1H/t;6-;;/m.0../s1. The molecule has 0 aliphatic carbocycles. The van der Waals surface area contributed by atoms with E-state index in [1.807, 2.05) is 6.08 Å². The minimum Gasteiger partial charge on any atom is -0.328 e. The van der Waals surface area contributed by atoms with Gasteiger partial charge in [-0.3, -0.25) is 0 Å². The van der Waals surface area contributed by atoms with Gasteiger partial charge in [-0.25, -0.2) is 0 Å². The Morgan fingerprint density at radius 3 is 1.82 bits per heavy atom. The van der Waals surface area contributed by atoms with E-state index < -0.39 is 0 Å². The first kappa shape index (κ1) is 21.6. The number of allylic oxidation sites excluding steroid dienone is 1. The molecule has 0 aromatic heterocycles. The number of carbonyl (C=O) groups is 1. The van der Waals surface area contributed by atoms with Gasteiger partial charge in [-0.15, -0.1) is 6.58 Å². The van der Waals surface area contributed by atoms with Crippen molar-refractivity contribution >= 4 is 6.29 Å². The van der Waals surface area contributed by atoms with Crippen molar-refractivity contribution in [2.24, 2.45) is 11.1 Å². The molecule has 0 amide bonds. The predicted octanol–water partition coefficient (Wildman–Crippen LogP) is 4.58. The molecular weight excluding hydrogens is 210 g/mol. The number of rotatable bonds is 4. The zero-order valence-electron chi connectivity index (χ0n) is 12.8. The second-order valence-electron chi connectivity index (χ2n) is 5.25. The third-order valence-corrected chi connectivity index (χ3v) is 1.94. The van der Waals surface area contributed by atoms with Crippen LogP contribution >= 0.6 is 0 Å². The van der Waals surface area contributed by atoms with Crippen molar-refractivity contribution in [1.29, 1.82) is 0 Å². The monoisotopic (exact) mass is 245 g/mol. The molecule has 106 valence electrons. The van der Waals surface area contributed by atoms with Crippen LogP contribution in [0.1, 0.15) is 68.7 Å². The van der Waals surface area contributed by atoms with Gasteiger partial charge >= 0.3 is 0 Å². The van der Waals surface area contributed by atoms with Crippen LogP contribution in [0.2, 0.25) is 0 Å². The van der Waals surface area contributed by atoms with E-state index in [0.29, 0.717) is 11.5 Å². The minimum absolute atomic E-state index is 0. The van der Waals surface area contributed by atoms with E-state index in [-0.39, 0.29) is 1.43 Å². The van der Waals surface area contributed by atoms with Crippen molar-refractivity contribution in [3.63, 3.8) is 0 Å². The van der Waals surface area contributed by atoms with Crippen LogP contribution in [0.15, 0.2) is 12.7 Å². The summed E-state index contributed by atoms with van der Waals surface area (Å²) in [5, 5.41) is 0. The maximum atomic E-state index is 8.81. The van der Waals surface area contributed by atoms with Crippen LogP contribution in [0, 0.1) is 5.41 Å². The molecule has 0 saturated carbocycles. The highest BCUT2D eigenvalue weighted by Gasteiger charge is 2.04. The maximum absolute atomic E-state index is 8.81. The lowest BCUT2D eigenvalue weighted by molar-refractivity contribution is -0.106. The Morgan fingerprint density at radius 2 is 1.76 bits per heavy atom. The Morgan fingerprint density at radius 1 is 1.35 bits per heavy atom. The Balaban J connectivity index is -0.0000000857. The largest absolute Gasteiger partial charge is 0.328 e. The fraction of sp³-hybridized carbons (Fsp3) is 0.800. The van der Waals surface area contributed by atoms with Crippen LogP contribution in [0.4, 0.5) is 0 Å². The van der Waals surface area contributed by atoms with E-state index in [9.17, 15) is 0 Å². The summed E-state index contributed by atoms with van der Waals surface area (Å²) < 4.78 is 0. The Hall–Kier alpha value is -0.630. The van der Waals surface area contributed by atoms with Gasteiger partial charge in [0, 0.05) is 7.47 Å². The van der Waals surface area contributed by atoms with Crippen LogP contribution < -0.4 is 5.73 Å². The second-order valence-corrected chi connectivity index (χ2v) is 5.25. The molecule has 0 fully saturated rings. The lowest BCUT2D eigenvalue weighted by Gasteiger charge is -2.13. The molecule has 2 heteroatoms. The van der Waals surface area contributed by atoms with Crippen LogP contribution in [0.3, 0.4) is 0 Å². The van der Waals surface area contributed by atoms with Crippen molar-refractivity contribution in [3.05, 3.63) is 12.7 Å². The summed E-state index contributed by atoms with van der Waals surface area (Å²) in [6.07, 6.45) is 7.33. The summed E-state index contributed by atoms with van der Waals surface area (Å²) in [6, 6.07) is 0.449. The zero-order chi connectivity index (χ0) is 14.3. The van der Waals surface area contributed by atoms with Gasteiger partial charge < -0.3 is 10.5 Å². The molecule has 0 bridgehead atoms. The van der Waals surface area contributed by atoms with Crippen LogP contribution in [-0.2, 0) is 4.79 Å². The van der Waals surface area contributed by atoms with Gasteiger partial charge in [-0.1, -0.05) is 47.1 Å². The maximum Gasteiger partial charge on any atom is 0.116 e. The third-order valence-electron chi connectivity index (χ3n) is 1.94. The molecule has 17 heavy (non-hydrogen) atoms. The van der Waals surface area contributed by atoms with Crippen LogP contribution in [0.25, 0.3) is 0 Å². The quantitative estimate of drug-likeness (QED) is 0.582. The van der Waals surface area contributed by atoms with E-state index in [2.05, 4.69) is 41.2 Å². The summed E-state index contributed by atoms with van der Waals surface area (Å²) in [5.74, 6) is 0. The molecule has 1 atom stereocenters. The van der Waals surface area contributed by atoms with E-state index in [1.165, 1.54) is 19.8 Å². The van der Waals surface area contributed by atoms with Gasteiger partial charge in [0.1, 0.15) is 6.29 Å². The number of nitrogens with two attached hydrogens (primary N) is 1. The van der Waals surface area contributed by atoms with Crippen molar-refractivity contribution in [1.82, 2.24) is 0 Å². The van der Waals surface area contributed by atoms with Crippen molar-refractivity contribution < 1.29 is 6.22 Å². The summed E-state index contributed by atoms with van der Waals surface area (Å²) in [7, 11) is 0. The predicted molar refractivity (Wildman–Crippen MR) is 81.3 cm³/mol. The average molecular weight is 245 g/mol. The summed E-state index contributed by atoms with van der Waals surface area (Å²) in [5.41, 5.74) is 6.02. The van der Waals surface area contributed by atoms with Gasteiger partial charge in [0.15, 0.2) is 0 Å². The van der Waals surface area contributed by atoms with Crippen molar-refractivity contribution in [2.45, 2.75) is 73.3 Å². The molecule has 0 aromatic carbocycles. The normalized spacial score (nSPS) is 11.2. The number of aldehydes is 1. The molecule has 0 rings (SSSR count). The molecule has 0 aliphatic heterocycles. The number of carbonyl (C=O) groups excluding carboxylic acids is 1. The molecular formula is C15H35NO. The summed E-state index contributed by atoms with van der Waals surface area (Å²) in [6.45, 7) is 16.0. The highest BCUT2D eigenvalue weighted by Crippen LogP contribution is 2.17. The topological polar surface area (TPSA) is 43.1 Å². The Kier molecular flexibility index (Phi) is 19.6.